The maximum absolute atomic E-state index is 12.6. The predicted molar refractivity (Wildman–Crippen MR) is 87.6 cm³/mol. The molecule has 1 aromatic carbocycles. The summed E-state index contributed by atoms with van der Waals surface area (Å²) in [5.41, 5.74) is 0.748. The van der Waals surface area contributed by atoms with E-state index in [1.54, 1.807) is 13.1 Å². The minimum absolute atomic E-state index is 0.00502. The first-order valence-electron chi connectivity index (χ1n) is 7.67. The van der Waals surface area contributed by atoms with Crippen molar-refractivity contribution in [3.05, 3.63) is 41.3 Å². The van der Waals surface area contributed by atoms with Crippen LogP contribution in [0.2, 0.25) is 0 Å². The predicted octanol–water partition coefficient (Wildman–Crippen LogP) is 2.73. The van der Waals surface area contributed by atoms with Crippen LogP contribution in [0.15, 0.2) is 35.7 Å². The topological polar surface area (TPSA) is 46.6 Å². The van der Waals surface area contributed by atoms with E-state index in [2.05, 4.69) is 13.8 Å². The van der Waals surface area contributed by atoms with Crippen LogP contribution >= 0.6 is 0 Å². The Kier molecular flexibility index (Phi) is 3.91. The Labute approximate surface area is 132 Å². The quantitative estimate of drug-likeness (QED) is 0.856. The van der Waals surface area contributed by atoms with E-state index in [-0.39, 0.29) is 17.6 Å². The Morgan fingerprint density at radius 2 is 1.95 bits per heavy atom. The lowest BCUT2D eigenvalue weighted by atomic mass is 9.57. The summed E-state index contributed by atoms with van der Waals surface area (Å²) in [6, 6.07) is 9.48. The minimum atomic E-state index is -3.43. The van der Waals surface area contributed by atoms with Gasteiger partial charge < -0.3 is 4.74 Å². The molecule has 3 rings (SSSR count). The van der Waals surface area contributed by atoms with Crippen LogP contribution in [0.4, 0.5) is 0 Å². The molecule has 3 atom stereocenters. The number of hydrogen-bond acceptors (Lipinski definition) is 3. The van der Waals surface area contributed by atoms with Crippen molar-refractivity contribution in [1.29, 1.82) is 0 Å². The van der Waals surface area contributed by atoms with Crippen molar-refractivity contribution in [3.8, 4) is 0 Å². The monoisotopic (exact) mass is 321 g/mol. The number of sulfonamides is 1. The average molecular weight is 321 g/mol. The summed E-state index contributed by atoms with van der Waals surface area (Å²) in [6.07, 6.45) is 2.79. The second-order valence-corrected chi connectivity index (χ2v) is 8.66. The summed E-state index contributed by atoms with van der Waals surface area (Å²) in [7, 11) is -1.74. The minimum Gasteiger partial charge on any atom is -0.377 e. The summed E-state index contributed by atoms with van der Waals surface area (Å²) in [4.78, 5) is 0. The molecule has 1 heterocycles. The van der Waals surface area contributed by atoms with Crippen LogP contribution in [0.5, 0.6) is 0 Å². The van der Waals surface area contributed by atoms with Gasteiger partial charge in [0.05, 0.1) is 6.10 Å². The maximum atomic E-state index is 12.6. The lowest BCUT2D eigenvalue weighted by molar-refractivity contribution is -0.131. The zero-order valence-electron chi connectivity index (χ0n) is 13.3. The van der Waals surface area contributed by atoms with E-state index < -0.39 is 10.0 Å². The Morgan fingerprint density at radius 3 is 2.64 bits per heavy atom. The van der Waals surface area contributed by atoms with Gasteiger partial charge in [-0.2, -0.15) is 4.31 Å². The summed E-state index contributed by atoms with van der Waals surface area (Å²) in [6.45, 7) is 4.93. The summed E-state index contributed by atoms with van der Waals surface area (Å²) in [5, 5.41) is 1.31. The molecule has 0 amide bonds. The molecule has 0 unspecified atom stereocenters. The van der Waals surface area contributed by atoms with Crippen LogP contribution < -0.4 is 0 Å². The van der Waals surface area contributed by atoms with Crippen LogP contribution in [0.25, 0.3) is 6.08 Å². The van der Waals surface area contributed by atoms with Gasteiger partial charge in [-0.1, -0.05) is 44.2 Å². The number of hydrogen-bond donors (Lipinski definition) is 0. The molecule has 22 heavy (non-hydrogen) atoms. The molecule has 4 nitrogen and oxygen atoms in total. The van der Waals surface area contributed by atoms with E-state index in [1.807, 2.05) is 30.3 Å². The average Bonchev–Trinajstić information content (AvgIpc) is 2.92. The molecule has 1 aromatic rings. The van der Waals surface area contributed by atoms with Gasteiger partial charge in [0.15, 0.2) is 0 Å². The van der Waals surface area contributed by atoms with E-state index in [4.69, 9.17) is 4.74 Å². The normalized spacial score (nSPS) is 30.5. The first kappa shape index (κ1) is 15.7. The number of fused-ring (bicyclic) bond motifs is 1. The molecule has 2 aliphatic rings. The number of nitrogens with zero attached hydrogens (tertiary/aromatic N) is 1. The van der Waals surface area contributed by atoms with Gasteiger partial charge in [-0.25, -0.2) is 8.42 Å². The largest absolute Gasteiger partial charge is 0.377 e. The first-order chi connectivity index (χ1) is 10.3. The smallest absolute Gasteiger partial charge is 0.236 e. The van der Waals surface area contributed by atoms with Gasteiger partial charge in [0.1, 0.15) is 0 Å². The lowest BCUT2D eigenvalue weighted by Crippen LogP contribution is -2.66. The van der Waals surface area contributed by atoms with E-state index >= 15 is 0 Å². The molecule has 0 radical (unpaired) electrons. The lowest BCUT2D eigenvalue weighted by Gasteiger charge is -2.57. The second-order valence-electron chi connectivity index (χ2n) is 6.78. The standard InChI is InChI=1S/C17H23NO3S/c1-17(2)15(14-9-11-21-16(14)17)18(3)22(19,20)12-10-13-7-5-4-6-8-13/h4-8,10,12,14-16H,9,11H2,1-3H3/b12-10+/t14-,15+,16-/m0/s1. The number of benzene rings is 1. The molecule has 120 valence electrons. The Hall–Kier alpha value is -1.17. The van der Waals surface area contributed by atoms with Crippen LogP contribution in [0.1, 0.15) is 25.8 Å². The molecule has 5 heteroatoms. The van der Waals surface area contributed by atoms with Crippen molar-refractivity contribution in [2.45, 2.75) is 32.4 Å². The van der Waals surface area contributed by atoms with Crippen LogP contribution in [-0.4, -0.2) is 38.5 Å². The first-order valence-corrected chi connectivity index (χ1v) is 9.17. The summed E-state index contributed by atoms with van der Waals surface area (Å²) >= 11 is 0. The van der Waals surface area contributed by atoms with Crippen molar-refractivity contribution in [2.75, 3.05) is 13.7 Å². The highest BCUT2D eigenvalue weighted by Crippen LogP contribution is 2.54. The fourth-order valence-electron chi connectivity index (χ4n) is 4.02. The third kappa shape index (κ3) is 2.51. The van der Waals surface area contributed by atoms with Gasteiger partial charge in [0, 0.05) is 36.4 Å². The van der Waals surface area contributed by atoms with Crippen LogP contribution in [-0.2, 0) is 14.8 Å². The molecule has 1 saturated carbocycles. The fourth-order valence-corrected chi connectivity index (χ4v) is 5.28. The van der Waals surface area contributed by atoms with Gasteiger partial charge in [-0.15, -0.1) is 0 Å². The molecule has 2 fully saturated rings. The van der Waals surface area contributed by atoms with Crippen molar-refractivity contribution < 1.29 is 13.2 Å². The van der Waals surface area contributed by atoms with Crippen molar-refractivity contribution >= 4 is 16.1 Å². The zero-order chi connectivity index (χ0) is 16.0. The summed E-state index contributed by atoms with van der Waals surface area (Å²) < 4.78 is 32.5. The van der Waals surface area contributed by atoms with Gasteiger partial charge in [0.25, 0.3) is 0 Å². The number of rotatable bonds is 4. The molecule has 1 saturated heterocycles. The molecule has 0 bridgehead atoms. The van der Waals surface area contributed by atoms with Gasteiger partial charge in [-0.05, 0) is 18.1 Å². The van der Waals surface area contributed by atoms with E-state index in [0.717, 1.165) is 18.6 Å². The van der Waals surface area contributed by atoms with E-state index in [9.17, 15) is 8.42 Å². The molecule has 0 N–H and O–H groups in total. The van der Waals surface area contributed by atoms with Crippen molar-refractivity contribution in [1.82, 2.24) is 4.31 Å². The van der Waals surface area contributed by atoms with Crippen LogP contribution in [0.3, 0.4) is 0 Å². The highest BCUT2D eigenvalue weighted by molar-refractivity contribution is 7.92. The highest BCUT2D eigenvalue weighted by atomic mass is 32.2. The fraction of sp³-hybridized carbons (Fsp3) is 0.529. The molecular weight excluding hydrogens is 298 g/mol. The van der Waals surface area contributed by atoms with Crippen molar-refractivity contribution in [2.24, 2.45) is 11.3 Å². The van der Waals surface area contributed by atoms with E-state index in [0.29, 0.717) is 5.92 Å². The van der Waals surface area contributed by atoms with E-state index in [1.165, 1.54) is 9.71 Å². The van der Waals surface area contributed by atoms with Crippen LogP contribution in [0, 0.1) is 11.3 Å². The SMILES string of the molecule is CN([C@@H]1[C@@H]2CCO[C@@H]2C1(C)C)S(=O)(=O)/C=C/c1ccccc1. The Bertz CT molecular complexity index is 666. The molecule has 1 aliphatic carbocycles. The highest BCUT2D eigenvalue weighted by Gasteiger charge is 2.62. The third-order valence-electron chi connectivity index (χ3n) is 5.06. The Balaban J connectivity index is 1.79. The molecule has 1 aliphatic heterocycles. The maximum Gasteiger partial charge on any atom is 0.236 e. The van der Waals surface area contributed by atoms with Gasteiger partial charge >= 0.3 is 0 Å². The molecule has 0 aromatic heterocycles. The van der Waals surface area contributed by atoms with Gasteiger partial charge in [0.2, 0.25) is 10.0 Å². The number of ether oxygens (including phenoxy) is 1. The van der Waals surface area contributed by atoms with Crippen molar-refractivity contribution in [3.63, 3.8) is 0 Å². The Morgan fingerprint density at radius 1 is 1.27 bits per heavy atom. The second kappa shape index (κ2) is 5.48. The summed E-state index contributed by atoms with van der Waals surface area (Å²) in [5.74, 6) is 0.319. The zero-order valence-corrected chi connectivity index (χ0v) is 14.1. The molecular formula is C17H23NO3S. The third-order valence-corrected chi connectivity index (χ3v) is 6.57. The van der Waals surface area contributed by atoms with Gasteiger partial charge in [-0.3, -0.25) is 0 Å². The molecule has 0 spiro atoms.